The minimum absolute atomic E-state index is 0.155. The van der Waals surface area contributed by atoms with Crippen molar-refractivity contribution in [2.45, 2.75) is 32.2 Å². The minimum Gasteiger partial charge on any atom is -0.463 e. The Morgan fingerprint density at radius 3 is 2.29 bits per heavy atom. The molecule has 10 heteroatoms. The van der Waals surface area contributed by atoms with Crippen molar-refractivity contribution in [2.24, 2.45) is 5.73 Å². The van der Waals surface area contributed by atoms with Gasteiger partial charge in [0.2, 0.25) is 5.88 Å². The number of carbonyl (C=O) groups excluding carboxylic acids is 2. The lowest BCUT2D eigenvalue weighted by molar-refractivity contribution is -0.127. The van der Waals surface area contributed by atoms with Gasteiger partial charge in [-0.1, -0.05) is 72.8 Å². The first-order valence-electron chi connectivity index (χ1n) is 13.6. The van der Waals surface area contributed by atoms with Gasteiger partial charge in [0, 0.05) is 36.1 Å². The van der Waals surface area contributed by atoms with Gasteiger partial charge in [-0.2, -0.15) is 12.6 Å². The average molecular weight is 586 g/mol. The van der Waals surface area contributed by atoms with Gasteiger partial charge < -0.3 is 25.8 Å². The predicted octanol–water partition coefficient (Wildman–Crippen LogP) is 5.25. The summed E-state index contributed by atoms with van der Waals surface area (Å²) in [5.74, 6) is 0.527. The van der Waals surface area contributed by atoms with Crippen LogP contribution in [0.15, 0.2) is 97.1 Å². The summed E-state index contributed by atoms with van der Waals surface area (Å²) in [6, 6.07) is 29.9. The summed E-state index contributed by atoms with van der Waals surface area (Å²) in [6.45, 7) is 2.61. The predicted molar refractivity (Wildman–Crippen MR) is 169 cm³/mol. The molecule has 4 rings (SSSR count). The summed E-state index contributed by atoms with van der Waals surface area (Å²) in [5, 5.41) is 8.84. The highest BCUT2D eigenvalue weighted by Gasteiger charge is 2.19. The van der Waals surface area contributed by atoms with E-state index in [4.69, 9.17) is 15.2 Å². The van der Waals surface area contributed by atoms with E-state index in [9.17, 15) is 9.59 Å². The molecule has 2 amide bonds. The molecule has 2 atom stereocenters. The van der Waals surface area contributed by atoms with Crippen LogP contribution >= 0.6 is 12.6 Å². The number of pyridine rings is 1. The molecule has 0 saturated carbocycles. The maximum Gasteiger partial charge on any atom is 0.411 e. The van der Waals surface area contributed by atoms with E-state index in [-0.39, 0.29) is 25.1 Å². The number of benzene rings is 3. The third-order valence-corrected chi connectivity index (χ3v) is 6.73. The van der Waals surface area contributed by atoms with E-state index in [1.807, 2.05) is 84.9 Å². The van der Waals surface area contributed by atoms with Crippen LogP contribution in [0.1, 0.15) is 18.1 Å². The molecule has 42 heavy (non-hydrogen) atoms. The molecule has 1 unspecified atom stereocenters. The van der Waals surface area contributed by atoms with Crippen molar-refractivity contribution in [3.8, 4) is 17.1 Å². The number of hydrogen-bond acceptors (Lipinski definition) is 8. The van der Waals surface area contributed by atoms with E-state index in [2.05, 4.69) is 33.6 Å². The Hall–Kier alpha value is -4.54. The van der Waals surface area contributed by atoms with Crippen molar-refractivity contribution >= 4 is 36.0 Å². The van der Waals surface area contributed by atoms with E-state index in [0.717, 1.165) is 22.4 Å². The fourth-order valence-corrected chi connectivity index (χ4v) is 4.01. The lowest BCUT2D eigenvalue weighted by Gasteiger charge is -2.19. The number of ether oxygens (including phenoxy) is 2. The van der Waals surface area contributed by atoms with E-state index in [0.29, 0.717) is 29.6 Å². The van der Waals surface area contributed by atoms with Gasteiger partial charge in [-0.3, -0.25) is 10.1 Å². The van der Waals surface area contributed by atoms with Crippen molar-refractivity contribution in [2.75, 3.05) is 22.9 Å². The molecule has 0 aliphatic heterocycles. The zero-order chi connectivity index (χ0) is 29.7. The number of nitrogens with one attached hydrogen (secondary N) is 3. The van der Waals surface area contributed by atoms with E-state index < -0.39 is 12.2 Å². The van der Waals surface area contributed by atoms with Crippen molar-refractivity contribution in [3.05, 3.63) is 108 Å². The van der Waals surface area contributed by atoms with Crippen molar-refractivity contribution in [1.82, 2.24) is 10.3 Å². The van der Waals surface area contributed by atoms with Crippen LogP contribution in [0, 0.1) is 0 Å². The Morgan fingerprint density at radius 2 is 1.60 bits per heavy atom. The number of anilines is 2. The molecule has 1 aromatic heterocycles. The second-order valence-electron chi connectivity index (χ2n) is 9.60. The zero-order valence-corrected chi connectivity index (χ0v) is 24.2. The molecule has 4 aromatic rings. The van der Waals surface area contributed by atoms with Crippen LogP contribution in [-0.4, -0.2) is 41.4 Å². The molecule has 5 N–H and O–H groups in total. The summed E-state index contributed by atoms with van der Waals surface area (Å²) in [6.07, 6.45) is -1.36. The molecule has 0 bridgehead atoms. The molecule has 0 saturated heterocycles. The fraction of sp³-hybridized carbons (Fsp3) is 0.219. The number of hydrogen-bond donors (Lipinski definition) is 5. The number of carbonyl (C=O) groups is 2. The molecular formula is C32H35N5O4S. The zero-order valence-electron chi connectivity index (χ0n) is 23.3. The standard InChI is InChI=1S/C32H35N5O4S/c1-22(41-31-29(34-19-26(33)21-42)17-16-28(37-31)25-10-6-3-7-11-25)30(38)35-18-23-12-14-27(15-13-23)36-32(39)40-20-24-8-4-2-5-9-24/h2-17,22,26,34,42H,18-21,33H2,1H3,(H,35,38)(H,36,39)/t22-,26?/m1/s1. The molecule has 9 nitrogen and oxygen atoms in total. The number of nitrogens with two attached hydrogens (primary N) is 1. The summed E-state index contributed by atoms with van der Waals surface area (Å²) >= 11 is 4.24. The van der Waals surface area contributed by atoms with Gasteiger partial charge in [0.1, 0.15) is 6.61 Å². The van der Waals surface area contributed by atoms with Gasteiger partial charge >= 0.3 is 6.09 Å². The molecule has 0 fully saturated rings. The molecule has 0 radical (unpaired) electrons. The molecule has 0 aliphatic carbocycles. The first-order valence-corrected chi connectivity index (χ1v) is 14.2. The normalized spacial score (nSPS) is 12.1. The van der Waals surface area contributed by atoms with Crippen LogP contribution < -0.4 is 26.4 Å². The number of amides is 2. The van der Waals surface area contributed by atoms with Crippen LogP contribution in [0.25, 0.3) is 11.3 Å². The summed E-state index contributed by atoms with van der Waals surface area (Å²) in [7, 11) is 0. The maximum atomic E-state index is 12.9. The maximum absolute atomic E-state index is 12.9. The van der Waals surface area contributed by atoms with Crippen LogP contribution in [0.4, 0.5) is 16.2 Å². The van der Waals surface area contributed by atoms with Crippen LogP contribution in [-0.2, 0) is 22.7 Å². The number of nitrogens with zero attached hydrogens (tertiary/aromatic N) is 1. The van der Waals surface area contributed by atoms with Gasteiger partial charge in [0.25, 0.3) is 5.91 Å². The lowest BCUT2D eigenvalue weighted by Crippen LogP contribution is -2.36. The lowest BCUT2D eigenvalue weighted by atomic mass is 10.1. The Labute approximate surface area is 251 Å². The summed E-state index contributed by atoms with van der Waals surface area (Å²) in [5.41, 5.74) is 10.6. The first kappa shape index (κ1) is 30.4. The smallest absolute Gasteiger partial charge is 0.411 e. The molecule has 3 aromatic carbocycles. The highest BCUT2D eigenvalue weighted by molar-refractivity contribution is 7.80. The SMILES string of the molecule is C[C@@H](Oc1nc(-c2ccccc2)ccc1NCC(N)CS)C(=O)NCc1ccc(NC(=O)OCc2ccccc2)cc1. The molecular weight excluding hydrogens is 550 g/mol. The minimum atomic E-state index is -0.817. The monoisotopic (exact) mass is 585 g/mol. The highest BCUT2D eigenvalue weighted by Crippen LogP contribution is 2.28. The number of aromatic nitrogens is 1. The third-order valence-electron chi connectivity index (χ3n) is 6.26. The Bertz CT molecular complexity index is 1440. The molecule has 218 valence electrons. The van der Waals surface area contributed by atoms with E-state index in [1.54, 1.807) is 19.1 Å². The van der Waals surface area contributed by atoms with Crippen LogP contribution in [0.3, 0.4) is 0 Å². The summed E-state index contributed by atoms with van der Waals surface area (Å²) in [4.78, 5) is 29.7. The van der Waals surface area contributed by atoms with Crippen molar-refractivity contribution < 1.29 is 19.1 Å². The average Bonchev–Trinajstić information content (AvgIpc) is 3.03. The number of rotatable bonds is 13. The van der Waals surface area contributed by atoms with Crippen LogP contribution in [0.2, 0.25) is 0 Å². The van der Waals surface area contributed by atoms with Gasteiger partial charge in [-0.05, 0) is 42.3 Å². The second-order valence-corrected chi connectivity index (χ2v) is 9.97. The van der Waals surface area contributed by atoms with Gasteiger partial charge in [0.05, 0.1) is 11.4 Å². The highest BCUT2D eigenvalue weighted by atomic mass is 32.1. The van der Waals surface area contributed by atoms with Crippen molar-refractivity contribution in [3.63, 3.8) is 0 Å². The third kappa shape index (κ3) is 9.25. The van der Waals surface area contributed by atoms with E-state index in [1.165, 1.54) is 0 Å². The van der Waals surface area contributed by atoms with E-state index >= 15 is 0 Å². The summed E-state index contributed by atoms with van der Waals surface area (Å²) < 4.78 is 11.3. The topological polar surface area (TPSA) is 128 Å². The van der Waals surface area contributed by atoms with Crippen LogP contribution in [0.5, 0.6) is 5.88 Å². The molecule has 0 aliphatic rings. The Kier molecular flexibility index (Phi) is 11.2. The largest absolute Gasteiger partial charge is 0.463 e. The van der Waals surface area contributed by atoms with Gasteiger partial charge in [0.15, 0.2) is 6.10 Å². The quantitative estimate of drug-likeness (QED) is 0.136. The second kappa shape index (κ2) is 15.5. The van der Waals surface area contributed by atoms with Gasteiger partial charge in [-0.15, -0.1) is 0 Å². The Balaban J connectivity index is 1.31. The Morgan fingerprint density at radius 1 is 0.905 bits per heavy atom. The van der Waals surface area contributed by atoms with Crippen molar-refractivity contribution in [1.29, 1.82) is 0 Å². The number of thiol groups is 1. The first-order chi connectivity index (χ1) is 20.4. The molecule has 0 spiro atoms. The van der Waals surface area contributed by atoms with Gasteiger partial charge in [-0.25, -0.2) is 9.78 Å². The molecule has 1 heterocycles. The fourth-order valence-electron chi connectivity index (χ4n) is 3.88.